The number of nitrogens with zero attached hydrogens (tertiary/aromatic N) is 2. The van der Waals surface area contributed by atoms with E-state index in [1.165, 1.54) is 0 Å². The van der Waals surface area contributed by atoms with E-state index in [-0.39, 0.29) is 11.3 Å². The van der Waals surface area contributed by atoms with Gasteiger partial charge in [-0.2, -0.15) is 0 Å². The Labute approximate surface area is 84.6 Å². The van der Waals surface area contributed by atoms with E-state index >= 15 is 0 Å². The van der Waals surface area contributed by atoms with Gasteiger partial charge in [-0.05, 0) is 6.42 Å². The molecule has 4 nitrogen and oxygen atoms in total. The molecule has 0 radical (unpaired) electrons. The summed E-state index contributed by atoms with van der Waals surface area (Å²) in [6, 6.07) is 0. The van der Waals surface area contributed by atoms with Gasteiger partial charge in [-0.1, -0.05) is 25.9 Å². The van der Waals surface area contributed by atoms with Crippen molar-refractivity contribution in [3.63, 3.8) is 0 Å². The summed E-state index contributed by atoms with van der Waals surface area (Å²) < 4.78 is 0. The van der Waals surface area contributed by atoms with Gasteiger partial charge in [-0.3, -0.25) is 4.79 Å². The highest BCUT2D eigenvalue weighted by atomic mass is 16.4. The van der Waals surface area contributed by atoms with Crippen molar-refractivity contribution in [2.45, 2.75) is 33.6 Å². The van der Waals surface area contributed by atoms with Gasteiger partial charge in [0.25, 0.3) is 0 Å². The second kappa shape index (κ2) is 3.98. The topological polar surface area (TPSA) is 52.9 Å². The standard InChI is InChI=1S/C10H18N2O2/c1-4-10(2,3)9(13)12-6-5-8(7-12)11-14/h14H,4-7H2,1-3H3/b11-8-. The highest BCUT2D eigenvalue weighted by Crippen LogP contribution is 2.24. The minimum atomic E-state index is -0.301. The Morgan fingerprint density at radius 3 is 2.71 bits per heavy atom. The van der Waals surface area contributed by atoms with Gasteiger partial charge in [0.2, 0.25) is 5.91 Å². The largest absolute Gasteiger partial charge is 0.411 e. The van der Waals surface area contributed by atoms with Gasteiger partial charge in [-0.15, -0.1) is 0 Å². The van der Waals surface area contributed by atoms with E-state index in [1.807, 2.05) is 20.8 Å². The van der Waals surface area contributed by atoms with E-state index in [0.717, 1.165) is 6.42 Å². The molecule has 0 saturated carbocycles. The first kappa shape index (κ1) is 11.0. The molecule has 80 valence electrons. The predicted octanol–water partition coefficient (Wildman–Crippen LogP) is 1.49. The highest BCUT2D eigenvalue weighted by molar-refractivity contribution is 5.94. The summed E-state index contributed by atoms with van der Waals surface area (Å²) >= 11 is 0. The van der Waals surface area contributed by atoms with Gasteiger partial charge in [0.1, 0.15) is 0 Å². The van der Waals surface area contributed by atoms with Gasteiger partial charge in [0.05, 0.1) is 12.3 Å². The summed E-state index contributed by atoms with van der Waals surface area (Å²) in [6.45, 7) is 7.07. The molecule has 0 aromatic heterocycles. The first-order valence-electron chi connectivity index (χ1n) is 5.00. The van der Waals surface area contributed by atoms with E-state index in [9.17, 15) is 4.79 Å². The van der Waals surface area contributed by atoms with Crippen molar-refractivity contribution in [1.82, 2.24) is 4.90 Å². The molecule has 1 fully saturated rings. The van der Waals surface area contributed by atoms with Crippen LogP contribution >= 0.6 is 0 Å². The quantitative estimate of drug-likeness (QED) is 0.540. The number of oxime groups is 1. The summed E-state index contributed by atoms with van der Waals surface area (Å²) in [7, 11) is 0. The van der Waals surface area contributed by atoms with Crippen LogP contribution in [0.5, 0.6) is 0 Å². The summed E-state index contributed by atoms with van der Waals surface area (Å²) in [5.74, 6) is 0.152. The van der Waals surface area contributed by atoms with Gasteiger partial charge in [-0.25, -0.2) is 0 Å². The third-order valence-electron chi connectivity index (χ3n) is 2.94. The number of hydrogen-bond donors (Lipinski definition) is 1. The van der Waals surface area contributed by atoms with Crippen molar-refractivity contribution in [2.75, 3.05) is 13.1 Å². The average Bonchev–Trinajstić information content (AvgIpc) is 2.64. The molecule has 0 atom stereocenters. The fraction of sp³-hybridized carbons (Fsp3) is 0.800. The maximum Gasteiger partial charge on any atom is 0.228 e. The molecule has 14 heavy (non-hydrogen) atoms. The minimum absolute atomic E-state index is 0.152. The Morgan fingerprint density at radius 1 is 1.64 bits per heavy atom. The lowest BCUT2D eigenvalue weighted by molar-refractivity contribution is -0.139. The fourth-order valence-corrected chi connectivity index (χ4v) is 1.48. The maximum atomic E-state index is 11.9. The molecular weight excluding hydrogens is 180 g/mol. The summed E-state index contributed by atoms with van der Waals surface area (Å²) in [5, 5.41) is 11.7. The van der Waals surface area contributed by atoms with Crippen LogP contribution in [0.25, 0.3) is 0 Å². The van der Waals surface area contributed by atoms with Crippen molar-refractivity contribution in [3.8, 4) is 0 Å². The van der Waals surface area contributed by atoms with Crippen LogP contribution in [0, 0.1) is 5.41 Å². The highest BCUT2D eigenvalue weighted by Gasteiger charge is 2.33. The van der Waals surface area contributed by atoms with Crippen molar-refractivity contribution in [1.29, 1.82) is 0 Å². The zero-order valence-corrected chi connectivity index (χ0v) is 9.08. The molecule has 1 amide bonds. The molecule has 1 aliphatic rings. The Kier molecular flexibility index (Phi) is 3.13. The molecule has 0 aromatic rings. The number of carbonyl (C=O) groups excluding carboxylic acids is 1. The van der Waals surface area contributed by atoms with Crippen LogP contribution in [0.2, 0.25) is 0 Å². The summed E-state index contributed by atoms with van der Waals surface area (Å²) in [4.78, 5) is 13.7. The Balaban J connectivity index is 2.64. The van der Waals surface area contributed by atoms with Gasteiger partial charge in [0, 0.05) is 18.4 Å². The van der Waals surface area contributed by atoms with Crippen LogP contribution in [0.4, 0.5) is 0 Å². The Bertz CT molecular complexity index is 259. The Hall–Kier alpha value is -1.06. The molecule has 1 aliphatic heterocycles. The van der Waals surface area contributed by atoms with E-state index in [2.05, 4.69) is 5.16 Å². The van der Waals surface area contributed by atoms with Gasteiger partial charge in [0.15, 0.2) is 0 Å². The monoisotopic (exact) mass is 198 g/mol. The molecular formula is C10H18N2O2. The van der Waals surface area contributed by atoms with Crippen LogP contribution in [-0.4, -0.2) is 34.8 Å². The third-order valence-corrected chi connectivity index (χ3v) is 2.94. The van der Waals surface area contributed by atoms with Crippen molar-refractivity contribution in [3.05, 3.63) is 0 Å². The van der Waals surface area contributed by atoms with Crippen LogP contribution in [0.3, 0.4) is 0 Å². The van der Waals surface area contributed by atoms with Gasteiger partial charge < -0.3 is 10.1 Å². The molecule has 1 rings (SSSR count). The molecule has 1 heterocycles. The lowest BCUT2D eigenvalue weighted by atomic mass is 9.89. The molecule has 4 heteroatoms. The van der Waals surface area contributed by atoms with Crippen LogP contribution in [-0.2, 0) is 4.79 Å². The predicted molar refractivity (Wildman–Crippen MR) is 54.5 cm³/mol. The van der Waals surface area contributed by atoms with Crippen molar-refractivity contribution in [2.24, 2.45) is 10.6 Å². The number of carbonyl (C=O) groups is 1. The molecule has 1 N–H and O–H groups in total. The maximum absolute atomic E-state index is 11.9. The minimum Gasteiger partial charge on any atom is -0.411 e. The molecule has 0 aromatic carbocycles. The van der Waals surface area contributed by atoms with Crippen molar-refractivity contribution < 1.29 is 10.0 Å². The third kappa shape index (κ3) is 2.05. The van der Waals surface area contributed by atoms with Crippen LogP contribution in [0.15, 0.2) is 5.16 Å². The molecule has 1 saturated heterocycles. The number of likely N-dealkylation sites (tertiary alicyclic amines) is 1. The number of amides is 1. The zero-order valence-electron chi connectivity index (χ0n) is 9.08. The van der Waals surface area contributed by atoms with E-state index in [1.54, 1.807) is 4.90 Å². The first-order chi connectivity index (χ1) is 6.51. The van der Waals surface area contributed by atoms with Crippen LogP contribution in [0.1, 0.15) is 33.6 Å². The lowest BCUT2D eigenvalue weighted by Crippen LogP contribution is -2.39. The molecule has 0 unspecified atom stereocenters. The second-order valence-electron chi connectivity index (χ2n) is 4.38. The van der Waals surface area contributed by atoms with Gasteiger partial charge >= 0.3 is 0 Å². The Morgan fingerprint density at radius 2 is 2.29 bits per heavy atom. The normalized spacial score (nSPS) is 20.5. The first-order valence-corrected chi connectivity index (χ1v) is 5.00. The SMILES string of the molecule is CCC(C)(C)C(=O)N1CC/C(=N/O)C1. The number of hydrogen-bond acceptors (Lipinski definition) is 3. The zero-order chi connectivity index (χ0) is 10.8. The summed E-state index contributed by atoms with van der Waals surface area (Å²) in [6.07, 6.45) is 1.52. The molecule has 0 spiro atoms. The smallest absolute Gasteiger partial charge is 0.228 e. The lowest BCUT2D eigenvalue weighted by Gasteiger charge is -2.27. The fourth-order valence-electron chi connectivity index (χ4n) is 1.48. The molecule has 0 bridgehead atoms. The van der Waals surface area contributed by atoms with E-state index in [4.69, 9.17) is 5.21 Å². The summed E-state index contributed by atoms with van der Waals surface area (Å²) in [5.41, 5.74) is 0.399. The average molecular weight is 198 g/mol. The van der Waals surface area contributed by atoms with Crippen LogP contribution < -0.4 is 0 Å². The second-order valence-corrected chi connectivity index (χ2v) is 4.38. The number of rotatable bonds is 2. The molecule has 0 aliphatic carbocycles. The van der Waals surface area contributed by atoms with E-state index < -0.39 is 0 Å². The van der Waals surface area contributed by atoms with E-state index in [0.29, 0.717) is 25.2 Å². The van der Waals surface area contributed by atoms with Crippen molar-refractivity contribution >= 4 is 11.6 Å².